The fraction of sp³-hybridized carbons (Fsp3) is 0.0667. The molecule has 0 N–H and O–H groups in total. The van der Waals surface area contributed by atoms with Crippen molar-refractivity contribution in [1.29, 1.82) is 0 Å². The van der Waals surface area contributed by atoms with Crippen molar-refractivity contribution in [1.82, 2.24) is 4.98 Å². The van der Waals surface area contributed by atoms with E-state index in [4.69, 9.17) is 16.0 Å². The van der Waals surface area contributed by atoms with Crippen LogP contribution in [-0.4, -0.2) is 10.8 Å². The van der Waals surface area contributed by atoms with Crippen molar-refractivity contribution < 1.29 is 9.21 Å². The van der Waals surface area contributed by atoms with E-state index in [1.54, 1.807) is 36.5 Å². The van der Waals surface area contributed by atoms with Crippen LogP contribution >= 0.6 is 11.6 Å². The minimum absolute atomic E-state index is 0.226. The van der Waals surface area contributed by atoms with Crippen LogP contribution in [0.5, 0.6) is 0 Å². The van der Waals surface area contributed by atoms with Gasteiger partial charge in [-0.05, 0) is 48.9 Å². The van der Waals surface area contributed by atoms with E-state index >= 15 is 0 Å². The molecule has 94 valence electrons. The molecule has 0 spiro atoms. The zero-order valence-corrected chi connectivity index (χ0v) is 10.9. The molecule has 3 nitrogen and oxygen atoms in total. The Balaban J connectivity index is 2.06. The van der Waals surface area contributed by atoms with E-state index in [1.165, 1.54) is 0 Å². The molecule has 0 aliphatic rings. The van der Waals surface area contributed by atoms with Crippen molar-refractivity contribution in [3.05, 3.63) is 64.6 Å². The van der Waals surface area contributed by atoms with Crippen molar-refractivity contribution in [3.8, 4) is 0 Å². The number of benzene rings is 1. The zero-order valence-electron chi connectivity index (χ0n) is 10.2. The van der Waals surface area contributed by atoms with Gasteiger partial charge in [0.2, 0.25) is 5.78 Å². The summed E-state index contributed by atoms with van der Waals surface area (Å²) < 4.78 is 5.53. The number of hydrogen-bond donors (Lipinski definition) is 0. The molecule has 1 aromatic carbocycles. The van der Waals surface area contributed by atoms with Crippen LogP contribution in [0.4, 0.5) is 0 Å². The summed E-state index contributed by atoms with van der Waals surface area (Å²) in [6.07, 6.45) is 1.61. The van der Waals surface area contributed by atoms with E-state index in [0.717, 1.165) is 10.9 Å². The summed E-state index contributed by atoms with van der Waals surface area (Å²) in [5.41, 5.74) is 2.00. The van der Waals surface area contributed by atoms with Gasteiger partial charge in [-0.1, -0.05) is 11.6 Å². The third kappa shape index (κ3) is 2.25. The van der Waals surface area contributed by atoms with Crippen LogP contribution in [0.15, 0.2) is 47.0 Å². The van der Waals surface area contributed by atoms with Crippen LogP contribution in [0.25, 0.3) is 11.0 Å². The molecule has 3 rings (SSSR count). The van der Waals surface area contributed by atoms with Gasteiger partial charge in [-0.25, -0.2) is 0 Å². The Morgan fingerprint density at radius 3 is 2.84 bits per heavy atom. The van der Waals surface area contributed by atoms with E-state index < -0.39 is 0 Å². The lowest BCUT2D eigenvalue weighted by Crippen LogP contribution is -2.02. The standard InChI is InChI=1S/C15H10ClNO2/c1-9-4-5-17-12(6-9)15(18)14-8-10-7-11(16)2-3-13(10)19-14/h2-8H,1H3. The third-order valence-corrected chi connectivity index (χ3v) is 3.09. The maximum absolute atomic E-state index is 12.3. The molecule has 0 atom stereocenters. The average Bonchev–Trinajstić information content (AvgIpc) is 2.80. The largest absolute Gasteiger partial charge is 0.453 e. The normalized spacial score (nSPS) is 10.8. The molecule has 3 aromatic rings. The number of hydrogen-bond acceptors (Lipinski definition) is 3. The highest BCUT2D eigenvalue weighted by Crippen LogP contribution is 2.24. The topological polar surface area (TPSA) is 43.1 Å². The number of pyridine rings is 1. The number of aryl methyl sites for hydroxylation is 1. The van der Waals surface area contributed by atoms with E-state index in [2.05, 4.69) is 4.98 Å². The Bertz CT molecular complexity index is 777. The van der Waals surface area contributed by atoms with Crippen LogP contribution < -0.4 is 0 Å². The minimum Gasteiger partial charge on any atom is -0.453 e. The molecule has 4 heteroatoms. The van der Waals surface area contributed by atoms with Crippen molar-refractivity contribution >= 4 is 28.4 Å². The number of halogens is 1. The third-order valence-electron chi connectivity index (χ3n) is 2.85. The molecule has 0 amide bonds. The molecule has 0 radical (unpaired) electrons. The van der Waals surface area contributed by atoms with Crippen LogP contribution in [0, 0.1) is 6.92 Å². The highest BCUT2D eigenvalue weighted by molar-refractivity contribution is 6.31. The van der Waals surface area contributed by atoms with Gasteiger partial charge >= 0.3 is 0 Å². The van der Waals surface area contributed by atoms with Crippen LogP contribution in [0.2, 0.25) is 5.02 Å². The predicted molar refractivity (Wildman–Crippen MR) is 73.6 cm³/mol. The summed E-state index contributed by atoms with van der Waals surface area (Å²) in [6.45, 7) is 1.91. The van der Waals surface area contributed by atoms with Crippen molar-refractivity contribution in [2.75, 3.05) is 0 Å². The van der Waals surface area contributed by atoms with Gasteiger partial charge in [-0.2, -0.15) is 0 Å². The first-order valence-electron chi connectivity index (χ1n) is 5.80. The van der Waals surface area contributed by atoms with Gasteiger partial charge < -0.3 is 4.42 Å². The number of aromatic nitrogens is 1. The lowest BCUT2D eigenvalue weighted by Gasteiger charge is -1.97. The fourth-order valence-electron chi connectivity index (χ4n) is 1.91. The fourth-order valence-corrected chi connectivity index (χ4v) is 2.09. The second kappa shape index (κ2) is 4.52. The smallest absolute Gasteiger partial charge is 0.246 e. The summed E-state index contributed by atoms with van der Waals surface area (Å²) in [7, 11) is 0. The van der Waals surface area contributed by atoms with E-state index in [1.807, 2.05) is 13.0 Å². The molecule has 19 heavy (non-hydrogen) atoms. The van der Waals surface area contributed by atoms with Gasteiger partial charge in [-0.3, -0.25) is 9.78 Å². The second-order valence-corrected chi connectivity index (χ2v) is 4.78. The van der Waals surface area contributed by atoms with Gasteiger partial charge in [0.15, 0.2) is 5.76 Å². The molecule has 2 aromatic heterocycles. The van der Waals surface area contributed by atoms with Crippen LogP contribution in [0.1, 0.15) is 21.8 Å². The Hall–Kier alpha value is -2.13. The first-order valence-corrected chi connectivity index (χ1v) is 6.18. The van der Waals surface area contributed by atoms with Crippen LogP contribution in [-0.2, 0) is 0 Å². The lowest BCUT2D eigenvalue weighted by atomic mass is 10.1. The van der Waals surface area contributed by atoms with E-state index in [9.17, 15) is 4.79 Å². The molecule has 0 bridgehead atoms. The first-order chi connectivity index (χ1) is 9.13. The summed E-state index contributed by atoms with van der Waals surface area (Å²) in [5.74, 6) is 0.0476. The highest BCUT2D eigenvalue weighted by atomic mass is 35.5. The highest BCUT2D eigenvalue weighted by Gasteiger charge is 2.16. The summed E-state index contributed by atoms with van der Waals surface area (Å²) in [4.78, 5) is 16.3. The quantitative estimate of drug-likeness (QED) is 0.661. The molecule has 2 heterocycles. The van der Waals surface area contributed by atoms with Crippen molar-refractivity contribution in [2.45, 2.75) is 6.92 Å². The number of ketones is 1. The van der Waals surface area contributed by atoms with Crippen molar-refractivity contribution in [2.24, 2.45) is 0 Å². The van der Waals surface area contributed by atoms with Gasteiger partial charge in [0, 0.05) is 16.6 Å². The number of rotatable bonds is 2. The molecule has 0 unspecified atom stereocenters. The number of nitrogens with zero attached hydrogens (tertiary/aromatic N) is 1. The molecular formula is C15H10ClNO2. The van der Waals surface area contributed by atoms with Crippen LogP contribution in [0.3, 0.4) is 0 Å². The number of furan rings is 1. The Morgan fingerprint density at radius 1 is 1.21 bits per heavy atom. The Labute approximate surface area is 114 Å². The lowest BCUT2D eigenvalue weighted by molar-refractivity contribution is 0.101. The molecular weight excluding hydrogens is 262 g/mol. The molecule has 0 aliphatic heterocycles. The predicted octanol–water partition coefficient (Wildman–Crippen LogP) is 4.02. The number of fused-ring (bicyclic) bond motifs is 1. The number of carbonyl (C=O) groups excluding carboxylic acids is 1. The van der Waals surface area contributed by atoms with Gasteiger partial charge in [0.1, 0.15) is 11.3 Å². The first kappa shape index (κ1) is 11.9. The molecule has 0 aliphatic carbocycles. The minimum atomic E-state index is -0.226. The summed E-state index contributed by atoms with van der Waals surface area (Å²) in [5, 5.41) is 1.42. The monoisotopic (exact) mass is 271 g/mol. The van der Waals surface area contributed by atoms with Crippen molar-refractivity contribution in [3.63, 3.8) is 0 Å². The Kier molecular flexibility index (Phi) is 2.84. The maximum Gasteiger partial charge on any atom is 0.246 e. The van der Waals surface area contributed by atoms with E-state index in [-0.39, 0.29) is 11.5 Å². The van der Waals surface area contributed by atoms with Gasteiger partial charge in [0.05, 0.1) is 0 Å². The average molecular weight is 272 g/mol. The summed E-state index contributed by atoms with van der Waals surface area (Å²) in [6, 6.07) is 10.5. The number of carbonyl (C=O) groups is 1. The molecule has 0 fully saturated rings. The van der Waals surface area contributed by atoms with Gasteiger partial charge in [-0.15, -0.1) is 0 Å². The maximum atomic E-state index is 12.3. The molecule has 0 saturated heterocycles. The SMILES string of the molecule is Cc1ccnc(C(=O)c2cc3cc(Cl)ccc3o2)c1. The summed E-state index contributed by atoms with van der Waals surface area (Å²) >= 11 is 5.91. The zero-order chi connectivity index (χ0) is 13.4. The molecule has 0 saturated carbocycles. The Morgan fingerprint density at radius 2 is 2.05 bits per heavy atom. The second-order valence-electron chi connectivity index (χ2n) is 4.34. The van der Waals surface area contributed by atoms with Gasteiger partial charge in [0.25, 0.3) is 0 Å². The van der Waals surface area contributed by atoms with E-state index in [0.29, 0.717) is 16.3 Å².